The van der Waals surface area contributed by atoms with Crippen LogP contribution in [0.3, 0.4) is 0 Å². The van der Waals surface area contributed by atoms with Gasteiger partial charge in [-0.1, -0.05) is 18.9 Å². The minimum Gasteiger partial charge on any atom is -0.299 e. The predicted octanol–water partition coefficient (Wildman–Crippen LogP) is 4.35. The highest BCUT2D eigenvalue weighted by molar-refractivity contribution is 9.10. The maximum absolute atomic E-state index is 13.2. The number of benzene rings is 1. The Kier molecular flexibility index (Phi) is 3.46. The highest BCUT2D eigenvalue weighted by Crippen LogP contribution is 2.45. The highest BCUT2D eigenvalue weighted by atomic mass is 79.9. The van der Waals surface area contributed by atoms with Gasteiger partial charge in [0.05, 0.1) is 4.47 Å². The zero-order valence-corrected chi connectivity index (χ0v) is 12.2. The summed E-state index contributed by atoms with van der Waals surface area (Å²) in [5, 5.41) is 0. The lowest BCUT2D eigenvalue weighted by molar-refractivity contribution is 0.256. The van der Waals surface area contributed by atoms with Crippen molar-refractivity contribution >= 4 is 15.9 Å². The number of nitrogens with zero attached hydrogens (tertiary/aromatic N) is 1. The predicted molar refractivity (Wildman–Crippen MR) is 74.9 cm³/mol. The van der Waals surface area contributed by atoms with Crippen LogP contribution >= 0.6 is 15.9 Å². The van der Waals surface area contributed by atoms with Crippen molar-refractivity contribution < 1.29 is 4.39 Å². The minimum absolute atomic E-state index is 0.174. The maximum atomic E-state index is 13.2. The van der Waals surface area contributed by atoms with E-state index < -0.39 is 0 Å². The third-order valence-electron chi connectivity index (χ3n) is 4.57. The second kappa shape index (κ2) is 4.93. The Morgan fingerprint density at radius 2 is 2.00 bits per heavy atom. The molecule has 1 aromatic carbocycles. The molecule has 0 amide bonds. The fraction of sp³-hybridized carbons (Fsp3) is 0.600. The first-order valence-electron chi connectivity index (χ1n) is 6.83. The van der Waals surface area contributed by atoms with Crippen molar-refractivity contribution in [2.45, 2.75) is 38.6 Å². The van der Waals surface area contributed by atoms with Gasteiger partial charge < -0.3 is 0 Å². The van der Waals surface area contributed by atoms with E-state index in [9.17, 15) is 4.39 Å². The van der Waals surface area contributed by atoms with Gasteiger partial charge in [0.25, 0.3) is 0 Å². The van der Waals surface area contributed by atoms with Crippen LogP contribution < -0.4 is 0 Å². The molecule has 18 heavy (non-hydrogen) atoms. The molecule has 3 heteroatoms. The summed E-state index contributed by atoms with van der Waals surface area (Å²) in [5.41, 5.74) is 1.83. The maximum Gasteiger partial charge on any atom is 0.137 e. The lowest BCUT2D eigenvalue weighted by Gasteiger charge is -2.23. The molecule has 2 aliphatic rings. The van der Waals surface area contributed by atoms with Gasteiger partial charge in [-0.25, -0.2) is 4.39 Å². The molecule has 1 aromatic rings. The second-order valence-electron chi connectivity index (χ2n) is 5.92. The van der Waals surface area contributed by atoms with Gasteiger partial charge in [0.2, 0.25) is 0 Å². The Morgan fingerprint density at radius 1 is 1.22 bits per heavy atom. The zero-order valence-electron chi connectivity index (χ0n) is 10.6. The molecule has 1 spiro atoms. The molecular formula is C15H19BrFN. The van der Waals surface area contributed by atoms with Crippen molar-refractivity contribution in [3.8, 4) is 0 Å². The molecule has 1 saturated carbocycles. The van der Waals surface area contributed by atoms with E-state index in [-0.39, 0.29) is 5.82 Å². The van der Waals surface area contributed by atoms with Crippen LogP contribution in [0.1, 0.15) is 37.7 Å². The number of hydrogen-bond donors (Lipinski definition) is 0. The van der Waals surface area contributed by atoms with E-state index in [1.807, 2.05) is 12.1 Å². The summed E-state index contributed by atoms with van der Waals surface area (Å²) in [6.45, 7) is 3.40. The second-order valence-corrected chi connectivity index (χ2v) is 6.77. The summed E-state index contributed by atoms with van der Waals surface area (Å²) in [6, 6.07) is 5.37. The standard InChI is InChI=1S/C15H19BrFN/c16-13-9-12(3-4-14(13)17)10-18-8-7-15(11-18)5-1-2-6-15/h3-4,9H,1-2,5-8,10-11H2. The fourth-order valence-electron chi connectivity index (χ4n) is 3.59. The van der Waals surface area contributed by atoms with Crippen LogP contribution in [-0.2, 0) is 6.54 Å². The van der Waals surface area contributed by atoms with E-state index in [0.29, 0.717) is 9.89 Å². The van der Waals surface area contributed by atoms with Crippen LogP contribution in [0, 0.1) is 11.2 Å². The van der Waals surface area contributed by atoms with Crippen molar-refractivity contribution in [3.05, 3.63) is 34.1 Å². The Bertz CT molecular complexity index is 440. The van der Waals surface area contributed by atoms with Crippen LogP contribution in [0.25, 0.3) is 0 Å². The molecule has 3 rings (SSSR count). The molecule has 1 nitrogen and oxygen atoms in total. The quantitative estimate of drug-likeness (QED) is 0.784. The van der Waals surface area contributed by atoms with Gasteiger partial charge in [-0.05, 0) is 64.8 Å². The fourth-order valence-corrected chi connectivity index (χ4v) is 4.02. The monoisotopic (exact) mass is 311 g/mol. The van der Waals surface area contributed by atoms with Crippen molar-refractivity contribution in [2.75, 3.05) is 13.1 Å². The minimum atomic E-state index is -0.174. The number of halogens is 2. The van der Waals surface area contributed by atoms with Crippen LogP contribution in [0.4, 0.5) is 4.39 Å². The van der Waals surface area contributed by atoms with Crippen LogP contribution in [-0.4, -0.2) is 18.0 Å². The normalized spacial score (nSPS) is 23.0. The first-order valence-corrected chi connectivity index (χ1v) is 7.63. The average Bonchev–Trinajstić information content (AvgIpc) is 2.96. The number of hydrogen-bond acceptors (Lipinski definition) is 1. The largest absolute Gasteiger partial charge is 0.299 e. The summed E-state index contributed by atoms with van der Waals surface area (Å²) in [6.07, 6.45) is 7.01. The zero-order chi connectivity index (χ0) is 12.6. The Labute approximate surface area is 116 Å². The first-order chi connectivity index (χ1) is 8.67. The third kappa shape index (κ3) is 2.48. The van der Waals surface area contributed by atoms with Crippen molar-refractivity contribution in [1.29, 1.82) is 0 Å². The van der Waals surface area contributed by atoms with Crippen LogP contribution in [0.5, 0.6) is 0 Å². The molecule has 0 atom stereocenters. The van der Waals surface area contributed by atoms with Crippen molar-refractivity contribution in [3.63, 3.8) is 0 Å². The molecule has 2 fully saturated rings. The van der Waals surface area contributed by atoms with Gasteiger partial charge in [0.1, 0.15) is 5.82 Å². The van der Waals surface area contributed by atoms with E-state index in [2.05, 4.69) is 20.8 Å². The molecule has 98 valence electrons. The summed E-state index contributed by atoms with van der Waals surface area (Å²) < 4.78 is 13.8. The van der Waals surface area contributed by atoms with Gasteiger partial charge in [0, 0.05) is 13.1 Å². The Balaban J connectivity index is 1.65. The lowest BCUT2D eigenvalue weighted by Crippen LogP contribution is -2.24. The molecule has 0 unspecified atom stereocenters. The van der Waals surface area contributed by atoms with E-state index in [1.165, 1.54) is 50.8 Å². The molecule has 1 aliphatic heterocycles. The van der Waals surface area contributed by atoms with Crippen LogP contribution in [0.2, 0.25) is 0 Å². The Hall–Kier alpha value is -0.410. The SMILES string of the molecule is Fc1ccc(CN2CCC3(CCCC3)C2)cc1Br. The molecule has 0 aromatic heterocycles. The summed E-state index contributed by atoms with van der Waals surface area (Å²) >= 11 is 3.26. The molecule has 1 saturated heterocycles. The van der Waals surface area contributed by atoms with Gasteiger partial charge in [-0.15, -0.1) is 0 Å². The third-order valence-corrected chi connectivity index (χ3v) is 5.18. The van der Waals surface area contributed by atoms with Gasteiger partial charge in [-0.2, -0.15) is 0 Å². The topological polar surface area (TPSA) is 3.24 Å². The van der Waals surface area contributed by atoms with Gasteiger partial charge >= 0.3 is 0 Å². The highest BCUT2D eigenvalue weighted by Gasteiger charge is 2.39. The molecule has 0 radical (unpaired) electrons. The molecule has 1 aliphatic carbocycles. The van der Waals surface area contributed by atoms with Gasteiger partial charge in [-0.3, -0.25) is 4.90 Å². The van der Waals surface area contributed by atoms with Crippen molar-refractivity contribution in [2.24, 2.45) is 5.41 Å². The summed E-state index contributed by atoms with van der Waals surface area (Å²) in [4.78, 5) is 2.53. The van der Waals surface area contributed by atoms with E-state index in [1.54, 1.807) is 6.07 Å². The summed E-state index contributed by atoms with van der Waals surface area (Å²) in [7, 11) is 0. The Morgan fingerprint density at radius 3 is 2.72 bits per heavy atom. The average molecular weight is 312 g/mol. The van der Waals surface area contributed by atoms with E-state index in [4.69, 9.17) is 0 Å². The van der Waals surface area contributed by atoms with Gasteiger partial charge in [0.15, 0.2) is 0 Å². The van der Waals surface area contributed by atoms with E-state index >= 15 is 0 Å². The number of likely N-dealkylation sites (tertiary alicyclic amines) is 1. The number of rotatable bonds is 2. The summed E-state index contributed by atoms with van der Waals surface area (Å²) in [5.74, 6) is -0.174. The lowest BCUT2D eigenvalue weighted by atomic mass is 9.86. The molecule has 0 N–H and O–H groups in total. The molecular weight excluding hydrogens is 293 g/mol. The van der Waals surface area contributed by atoms with Crippen molar-refractivity contribution in [1.82, 2.24) is 4.90 Å². The van der Waals surface area contributed by atoms with E-state index in [0.717, 1.165) is 6.54 Å². The smallest absolute Gasteiger partial charge is 0.137 e. The molecule has 1 heterocycles. The first kappa shape index (κ1) is 12.6. The van der Waals surface area contributed by atoms with Crippen LogP contribution in [0.15, 0.2) is 22.7 Å². The molecule has 0 bridgehead atoms.